The fourth-order valence-electron chi connectivity index (χ4n) is 4.15. The predicted octanol–water partition coefficient (Wildman–Crippen LogP) is 5.42. The molecule has 5 nitrogen and oxygen atoms in total. The van der Waals surface area contributed by atoms with Crippen molar-refractivity contribution in [2.24, 2.45) is 0 Å². The van der Waals surface area contributed by atoms with E-state index in [-0.39, 0.29) is 11.7 Å². The number of ether oxygens (including phenoxy) is 1. The molecule has 0 spiro atoms. The van der Waals surface area contributed by atoms with Gasteiger partial charge in [-0.2, -0.15) is 4.98 Å². The molecule has 1 aromatic heterocycles. The van der Waals surface area contributed by atoms with E-state index in [1.807, 2.05) is 6.07 Å². The van der Waals surface area contributed by atoms with E-state index < -0.39 is 6.36 Å². The highest BCUT2D eigenvalue weighted by atomic mass is 19.4. The van der Waals surface area contributed by atoms with E-state index in [0.29, 0.717) is 18.5 Å². The number of fused-ring (bicyclic) bond motifs is 1. The van der Waals surface area contributed by atoms with E-state index in [2.05, 4.69) is 28.8 Å². The first-order valence-corrected chi connectivity index (χ1v) is 10.5. The molecule has 0 amide bonds. The van der Waals surface area contributed by atoms with Gasteiger partial charge in [0.05, 0.1) is 5.69 Å². The summed E-state index contributed by atoms with van der Waals surface area (Å²) in [6.07, 6.45) is 0.753. The van der Waals surface area contributed by atoms with Crippen LogP contribution < -0.4 is 15.0 Å². The van der Waals surface area contributed by atoms with Crippen LogP contribution in [-0.2, 0) is 13.0 Å². The molecule has 1 aliphatic heterocycles. The van der Waals surface area contributed by atoms with E-state index in [0.717, 1.165) is 48.4 Å². The fraction of sp³-hybridized carbons (Fsp3) is 0.545. The zero-order chi connectivity index (χ0) is 21.3. The molecule has 0 bridgehead atoms. The molecule has 0 saturated heterocycles. The van der Waals surface area contributed by atoms with Crippen molar-refractivity contribution < 1.29 is 17.9 Å². The molecule has 8 heteroatoms. The molecule has 162 valence electrons. The lowest BCUT2D eigenvalue weighted by molar-refractivity contribution is -0.274. The molecule has 1 N–H and O–H groups in total. The van der Waals surface area contributed by atoms with Crippen LogP contribution in [0.4, 0.5) is 24.9 Å². The van der Waals surface area contributed by atoms with E-state index in [4.69, 9.17) is 9.97 Å². The monoisotopic (exact) mass is 420 g/mol. The molecule has 1 fully saturated rings. The lowest BCUT2D eigenvalue weighted by Crippen LogP contribution is -2.32. The SMILES string of the molecule is CC(C)c1cc(N2CCc3ccc(OC(F)(F)F)cc3C2)nc(NC2CCCC2)n1. The summed E-state index contributed by atoms with van der Waals surface area (Å²) in [6.45, 7) is 5.43. The number of nitrogens with one attached hydrogen (secondary N) is 1. The van der Waals surface area contributed by atoms with Crippen LogP contribution >= 0.6 is 0 Å². The maximum atomic E-state index is 12.6. The number of aromatic nitrogens is 2. The Labute approximate surface area is 174 Å². The summed E-state index contributed by atoms with van der Waals surface area (Å²) in [5, 5.41) is 3.48. The average molecular weight is 420 g/mol. The quantitative estimate of drug-likeness (QED) is 0.700. The van der Waals surface area contributed by atoms with Crippen LogP contribution in [0.3, 0.4) is 0 Å². The second-order valence-electron chi connectivity index (χ2n) is 8.40. The second-order valence-corrected chi connectivity index (χ2v) is 8.40. The van der Waals surface area contributed by atoms with Gasteiger partial charge in [0.1, 0.15) is 11.6 Å². The molecule has 2 aromatic rings. The van der Waals surface area contributed by atoms with Gasteiger partial charge < -0.3 is 15.0 Å². The van der Waals surface area contributed by atoms with Gasteiger partial charge in [-0.15, -0.1) is 13.2 Å². The lowest BCUT2D eigenvalue weighted by atomic mass is 9.99. The van der Waals surface area contributed by atoms with Crippen LogP contribution in [0, 0.1) is 0 Å². The average Bonchev–Trinajstić information content (AvgIpc) is 3.19. The highest BCUT2D eigenvalue weighted by molar-refractivity contribution is 5.50. The van der Waals surface area contributed by atoms with Gasteiger partial charge in [-0.1, -0.05) is 32.8 Å². The van der Waals surface area contributed by atoms with E-state index in [9.17, 15) is 13.2 Å². The molecular formula is C22H27F3N4O. The minimum atomic E-state index is -4.69. The fourth-order valence-corrected chi connectivity index (χ4v) is 4.15. The van der Waals surface area contributed by atoms with Crippen molar-refractivity contribution in [1.82, 2.24) is 9.97 Å². The zero-order valence-corrected chi connectivity index (χ0v) is 17.3. The first-order valence-electron chi connectivity index (χ1n) is 10.5. The predicted molar refractivity (Wildman–Crippen MR) is 110 cm³/mol. The van der Waals surface area contributed by atoms with Gasteiger partial charge in [-0.25, -0.2) is 4.98 Å². The first kappa shape index (κ1) is 20.8. The van der Waals surface area contributed by atoms with Crippen molar-refractivity contribution in [3.63, 3.8) is 0 Å². The Bertz CT molecular complexity index is 894. The molecular weight excluding hydrogens is 393 g/mol. The Balaban J connectivity index is 1.58. The molecule has 0 unspecified atom stereocenters. The number of benzene rings is 1. The smallest absolute Gasteiger partial charge is 0.406 e. The number of hydrogen-bond acceptors (Lipinski definition) is 5. The summed E-state index contributed by atoms with van der Waals surface area (Å²) in [5.41, 5.74) is 2.83. The van der Waals surface area contributed by atoms with Crippen LogP contribution in [0.5, 0.6) is 5.75 Å². The standard InChI is InChI=1S/C22H27F3N4O/c1-14(2)19-12-20(28-21(27-19)26-17-5-3-4-6-17)29-10-9-15-7-8-18(11-16(15)13-29)30-22(23,24)25/h7-8,11-12,14,17H,3-6,9-10,13H2,1-2H3,(H,26,27,28). The summed E-state index contributed by atoms with van der Waals surface area (Å²) >= 11 is 0. The number of anilines is 2. The third-order valence-electron chi connectivity index (χ3n) is 5.76. The maximum absolute atomic E-state index is 12.6. The Hall–Kier alpha value is -2.51. The number of rotatable bonds is 5. The highest BCUT2D eigenvalue weighted by Gasteiger charge is 2.31. The summed E-state index contributed by atoms with van der Waals surface area (Å²) in [5.74, 6) is 1.52. The third kappa shape index (κ3) is 4.96. The van der Waals surface area contributed by atoms with Crippen molar-refractivity contribution >= 4 is 11.8 Å². The topological polar surface area (TPSA) is 50.3 Å². The largest absolute Gasteiger partial charge is 0.573 e. The summed E-state index contributed by atoms with van der Waals surface area (Å²) in [4.78, 5) is 11.6. The van der Waals surface area contributed by atoms with Crippen molar-refractivity contribution in [3.05, 3.63) is 41.1 Å². The second kappa shape index (κ2) is 8.32. The van der Waals surface area contributed by atoms with E-state index >= 15 is 0 Å². The Morgan fingerprint density at radius 1 is 1.10 bits per heavy atom. The van der Waals surface area contributed by atoms with Gasteiger partial charge >= 0.3 is 6.36 Å². The van der Waals surface area contributed by atoms with Gasteiger partial charge in [0.25, 0.3) is 0 Å². The number of halogens is 3. The molecule has 1 aromatic carbocycles. The lowest BCUT2D eigenvalue weighted by Gasteiger charge is -2.31. The Morgan fingerprint density at radius 2 is 1.87 bits per heavy atom. The molecule has 2 heterocycles. The zero-order valence-electron chi connectivity index (χ0n) is 17.3. The number of nitrogens with zero attached hydrogens (tertiary/aromatic N) is 3. The van der Waals surface area contributed by atoms with Crippen LogP contribution in [0.1, 0.15) is 62.3 Å². The van der Waals surface area contributed by atoms with Crippen molar-refractivity contribution in [3.8, 4) is 5.75 Å². The first-order chi connectivity index (χ1) is 14.3. The normalized spacial score (nSPS) is 17.3. The Kier molecular flexibility index (Phi) is 5.75. The van der Waals surface area contributed by atoms with Gasteiger partial charge in [0, 0.05) is 25.2 Å². The van der Waals surface area contributed by atoms with Gasteiger partial charge in [0.15, 0.2) is 0 Å². The highest BCUT2D eigenvalue weighted by Crippen LogP contribution is 2.31. The summed E-state index contributed by atoms with van der Waals surface area (Å²) in [7, 11) is 0. The molecule has 1 saturated carbocycles. The van der Waals surface area contributed by atoms with Crippen molar-refractivity contribution in [1.29, 1.82) is 0 Å². The van der Waals surface area contributed by atoms with Crippen LogP contribution in [0.15, 0.2) is 24.3 Å². The number of alkyl halides is 3. The van der Waals surface area contributed by atoms with Crippen LogP contribution in [0.2, 0.25) is 0 Å². The molecule has 0 radical (unpaired) electrons. The third-order valence-corrected chi connectivity index (χ3v) is 5.76. The molecule has 1 aliphatic carbocycles. The molecule has 30 heavy (non-hydrogen) atoms. The maximum Gasteiger partial charge on any atom is 0.573 e. The van der Waals surface area contributed by atoms with E-state index in [1.54, 1.807) is 6.07 Å². The van der Waals surface area contributed by atoms with Gasteiger partial charge in [0.2, 0.25) is 5.95 Å². The summed E-state index contributed by atoms with van der Waals surface area (Å²) in [6, 6.07) is 6.99. The minimum absolute atomic E-state index is 0.183. The summed E-state index contributed by atoms with van der Waals surface area (Å²) < 4.78 is 41.9. The minimum Gasteiger partial charge on any atom is -0.406 e. The van der Waals surface area contributed by atoms with Crippen LogP contribution in [0.25, 0.3) is 0 Å². The van der Waals surface area contributed by atoms with E-state index in [1.165, 1.54) is 25.0 Å². The molecule has 0 atom stereocenters. The van der Waals surface area contributed by atoms with Gasteiger partial charge in [-0.3, -0.25) is 0 Å². The Morgan fingerprint density at radius 3 is 2.57 bits per heavy atom. The van der Waals surface area contributed by atoms with Crippen LogP contribution in [-0.4, -0.2) is 28.9 Å². The van der Waals surface area contributed by atoms with Gasteiger partial charge in [-0.05, 0) is 48.4 Å². The van der Waals surface area contributed by atoms with Crippen molar-refractivity contribution in [2.45, 2.75) is 70.8 Å². The molecule has 2 aliphatic rings. The molecule has 4 rings (SSSR count). The number of hydrogen-bond donors (Lipinski definition) is 1. The van der Waals surface area contributed by atoms with Crippen molar-refractivity contribution in [2.75, 3.05) is 16.8 Å².